The van der Waals surface area contributed by atoms with Crippen molar-refractivity contribution in [2.24, 2.45) is 17.1 Å². The van der Waals surface area contributed by atoms with E-state index >= 15 is 0 Å². The zero-order valence-electron chi connectivity index (χ0n) is 13.5. The molecule has 1 aliphatic rings. The predicted octanol–water partition coefficient (Wildman–Crippen LogP) is 5.25. The fourth-order valence-electron chi connectivity index (χ4n) is 3.71. The largest absolute Gasteiger partial charge is 0.324 e. The first-order valence-electron chi connectivity index (χ1n) is 8.39. The highest BCUT2D eigenvalue weighted by Crippen LogP contribution is 2.45. The van der Waals surface area contributed by atoms with Crippen molar-refractivity contribution in [3.05, 3.63) is 35.4 Å². The summed E-state index contributed by atoms with van der Waals surface area (Å²) in [6.07, 6.45) is 9.05. The van der Waals surface area contributed by atoms with E-state index in [-0.39, 0.29) is 6.04 Å². The quantitative estimate of drug-likeness (QED) is 0.779. The lowest BCUT2D eigenvalue weighted by atomic mass is 9.65. The van der Waals surface area contributed by atoms with Crippen LogP contribution in [0.1, 0.15) is 76.5 Å². The maximum atomic E-state index is 6.60. The van der Waals surface area contributed by atoms with E-state index in [0.717, 1.165) is 0 Å². The molecule has 1 fully saturated rings. The average molecular weight is 273 g/mol. The molecule has 0 amide bonds. The van der Waals surface area contributed by atoms with E-state index in [2.05, 4.69) is 45.0 Å². The monoisotopic (exact) mass is 273 g/mol. The minimum absolute atomic E-state index is 0.200. The maximum absolute atomic E-state index is 6.60. The number of aryl methyl sites for hydroxylation is 1. The molecule has 2 rings (SSSR count). The molecule has 1 aromatic rings. The van der Waals surface area contributed by atoms with Crippen molar-refractivity contribution in [3.8, 4) is 0 Å². The molecular weight excluding hydrogens is 242 g/mol. The van der Waals surface area contributed by atoms with E-state index in [1.54, 1.807) is 0 Å². The lowest BCUT2D eigenvalue weighted by molar-refractivity contribution is 0.112. The molecule has 0 saturated heterocycles. The van der Waals surface area contributed by atoms with Crippen molar-refractivity contribution in [1.82, 2.24) is 0 Å². The van der Waals surface area contributed by atoms with E-state index in [9.17, 15) is 0 Å². The zero-order chi connectivity index (χ0) is 14.6. The van der Waals surface area contributed by atoms with Gasteiger partial charge < -0.3 is 5.73 Å². The Morgan fingerprint density at radius 1 is 1.20 bits per heavy atom. The van der Waals surface area contributed by atoms with Crippen LogP contribution in [0.3, 0.4) is 0 Å². The normalized spacial score (nSPS) is 23.5. The Hall–Kier alpha value is -0.820. The summed E-state index contributed by atoms with van der Waals surface area (Å²) in [5.41, 5.74) is 9.76. The van der Waals surface area contributed by atoms with Crippen molar-refractivity contribution in [1.29, 1.82) is 0 Å². The Labute approximate surface area is 125 Å². The van der Waals surface area contributed by atoms with Gasteiger partial charge in [0, 0.05) is 6.04 Å². The van der Waals surface area contributed by atoms with Gasteiger partial charge in [-0.25, -0.2) is 0 Å². The number of benzene rings is 1. The maximum Gasteiger partial charge on any atom is 0.0328 e. The molecule has 2 unspecified atom stereocenters. The van der Waals surface area contributed by atoms with Gasteiger partial charge in [-0.3, -0.25) is 0 Å². The van der Waals surface area contributed by atoms with Gasteiger partial charge in [-0.1, -0.05) is 64.3 Å². The molecule has 0 spiro atoms. The topological polar surface area (TPSA) is 26.0 Å². The van der Waals surface area contributed by atoms with Crippen LogP contribution < -0.4 is 5.73 Å². The molecular formula is C19H31N. The summed E-state index contributed by atoms with van der Waals surface area (Å²) in [4.78, 5) is 0. The van der Waals surface area contributed by atoms with Crippen molar-refractivity contribution in [3.63, 3.8) is 0 Å². The van der Waals surface area contributed by atoms with Gasteiger partial charge in [0.25, 0.3) is 0 Å². The van der Waals surface area contributed by atoms with Crippen LogP contribution in [-0.2, 0) is 6.42 Å². The van der Waals surface area contributed by atoms with Crippen LogP contribution >= 0.6 is 0 Å². The standard InChI is InChI=1S/C19H31N/c1-4-5-8-15-10-12-16(13-11-15)18(20)17-9-6-7-14-19(17,2)3/h10-13,17-18H,4-9,14,20H2,1-3H3. The average Bonchev–Trinajstić information content (AvgIpc) is 2.44. The molecule has 112 valence electrons. The molecule has 0 bridgehead atoms. The molecule has 0 radical (unpaired) electrons. The number of rotatable bonds is 5. The van der Waals surface area contributed by atoms with Crippen LogP contribution in [0, 0.1) is 11.3 Å². The second-order valence-electron chi connectivity index (χ2n) is 7.21. The Bertz CT molecular complexity index is 404. The van der Waals surface area contributed by atoms with Crippen LogP contribution in [0.25, 0.3) is 0 Å². The van der Waals surface area contributed by atoms with Gasteiger partial charge in [-0.05, 0) is 48.1 Å². The summed E-state index contributed by atoms with van der Waals surface area (Å²) in [5, 5.41) is 0. The SMILES string of the molecule is CCCCc1ccc(C(N)C2CCCCC2(C)C)cc1. The van der Waals surface area contributed by atoms with Crippen LogP contribution in [0.4, 0.5) is 0 Å². The Balaban J connectivity index is 2.06. The van der Waals surface area contributed by atoms with Crippen molar-refractivity contribution in [2.75, 3.05) is 0 Å². The molecule has 2 atom stereocenters. The fraction of sp³-hybridized carbons (Fsp3) is 0.684. The molecule has 0 aliphatic heterocycles. The summed E-state index contributed by atoms with van der Waals surface area (Å²) in [7, 11) is 0. The van der Waals surface area contributed by atoms with Gasteiger partial charge in [-0.2, -0.15) is 0 Å². The van der Waals surface area contributed by atoms with Crippen LogP contribution in [0.2, 0.25) is 0 Å². The van der Waals surface area contributed by atoms with Crippen LogP contribution in [0.15, 0.2) is 24.3 Å². The summed E-state index contributed by atoms with van der Waals surface area (Å²) in [6, 6.07) is 9.28. The van der Waals surface area contributed by atoms with Gasteiger partial charge in [0.2, 0.25) is 0 Å². The van der Waals surface area contributed by atoms with E-state index in [1.807, 2.05) is 0 Å². The summed E-state index contributed by atoms with van der Waals surface area (Å²) in [5.74, 6) is 0.623. The molecule has 20 heavy (non-hydrogen) atoms. The first-order valence-corrected chi connectivity index (χ1v) is 8.39. The molecule has 0 heterocycles. The third-order valence-electron chi connectivity index (χ3n) is 5.21. The van der Waals surface area contributed by atoms with E-state index in [4.69, 9.17) is 5.73 Å². The van der Waals surface area contributed by atoms with Gasteiger partial charge >= 0.3 is 0 Å². The number of nitrogens with two attached hydrogens (primary N) is 1. The summed E-state index contributed by atoms with van der Waals surface area (Å²) < 4.78 is 0. The molecule has 2 N–H and O–H groups in total. The highest BCUT2D eigenvalue weighted by Gasteiger charge is 2.36. The number of hydrogen-bond acceptors (Lipinski definition) is 1. The minimum atomic E-state index is 0.200. The van der Waals surface area contributed by atoms with Gasteiger partial charge in [-0.15, -0.1) is 0 Å². The number of unbranched alkanes of at least 4 members (excludes halogenated alkanes) is 1. The lowest BCUT2D eigenvalue weighted by Crippen LogP contribution is -2.36. The Kier molecular flexibility index (Phi) is 5.26. The lowest BCUT2D eigenvalue weighted by Gasteiger charge is -2.42. The summed E-state index contributed by atoms with van der Waals surface area (Å²) in [6.45, 7) is 7.04. The highest BCUT2D eigenvalue weighted by atomic mass is 14.7. The van der Waals surface area contributed by atoms with E-state index in [1.165, 1.54) is 56.1 Å². The predicted molar refractivity (Wildman–Crippen MR) is 87.7 cm³/mol. The summed E-state index contributed by atoms with van der Waals surface area (Å²) >= 11 is 0. The molecule has 1 heteroatoms. The second-order valence-corrected chi connectivity index (χ2v) is 7.21. The fourth-order valence-corrected chi connectivity index (χ4v) is 3.71. The van der Waals surface area contributed by atoms with Crippen molar-refractivity contribution < 1.29 is 0 Å². The van der Waals surface area contributed by atoms with Crippen LogP contribution in [0.5, 0.6) is 0 Å². The van der Waals surface area contributed by atoms with Crippen LogP contribution in [-0.4, -0.2) is 0 Å². The highest BCUT2D eigenvalue weighted by molar-refractivity contribution is 5.26. The first kappa shape index (κ1) is 15.6. The molecule has 1 nitrogen and oxygen atoms in total. The first-order chi connectivity index (χ1) is 9.54. The van der Waals surface area contributed by atoms with Gasteiger partial charge in [0.1, 0.15) is 0 Å². The molecule has 1 aromatic carbocycles. The molecule has 0 aromatic heterocycles. The van der Waals surface area contributed by atoms with Crippen molar-refractivity contribution >= 4 is 0 Å². The molecule has 1 saturated carbocycles. The molecule has 1 aliphatic carbocycles. The van der Waals surface area contributed by atoms with Gasteiger partial charge in [0.05, 0.1) is 0 Å². The minimum Gasteiger partial charge on any atom is -0.324 e. The van der Waals surface area contributed by atoms with Gasteiger partial charge in [0.15, 0.2) is 0 Å². The van der Waals surface area contributed by atoms with E-state index in [0.29, 0.717) is 11.3 Å². The number of hydrogen-bond donors (Lipinski definition) is 1. The smallest absolute Gasteiger partial charge is 0.0328 e. The third kappa shape index (κ3) is 3.63. The Morgan fingerprint density at radius 3 is 2.50 bits per heavy atom. The van der Waals surface area contributed by atoms with Crippen molar-refractivity contribution in [2.45, 2.75) is 71.8 Å². The Morgan fingerprint density at radius 2 is 1.90 bits per heavy atom. The second kappa shape index (κ2) is 6.76. The zero-order valence-corrected chi connectivity index (χ0v) is 13.5. The third-order valence-corrected chi connectivity index (χ3v) is 5.21. The van der Waals surface area contributed by atoms with E-state index < -0.39 is 0 Å².